The fourth-order valence-corrected chi connectivity index (χ4v) is 3.84. The molecular weight excluding hydrogens is 374 g/mol. The Hall–Kier alpha value is -2.63. The van der Waals surface area contributed by atoms with Crippen LogP contribution < -0.4 is 10.2 Å². The molecule has 5 nitrogen and oxygen atoms in total. The third kappa shape index (κ3) is 3.55. The maximum atomic E-state index is 12.7. The zero-order valence-corrected chi connectivity index (χ0v) is 16.5. The number of ketones is 2. The van der Waals surface area contributed by atoms with Crippen molar-refractivity contribution < 1.29 is 9.59 Å². The van der Waals surface area contributed by atoms with Gasteiger partial charge in [-0.05, 0) is 24.7 Å². The van der Waals surface area contributed by atoms with Crippen molar-refractivity contribution in [2.45, 2.75) is 6.54 Å². The van der Waals surface area contributed by atoms with E-state index in [2.05, 4.69) is 34.3 Å². The molecule has 0 saturated carbocycles. The van der Waals surface area contributed by atoms with Gasteiger partial charge in [0.15, 0.2) is 0 Å². The molecule has 1 heterocycles. The van der Waals surface area contributed by atoms with Gasteiger partial charge in [-0.1, -0.05) is 48.0 Å². The van der Waals surface area contributed by atoms with Crippen molar-refractivity contribution in [2.24, 2.45) is 0 Å². The monoisotopic (exact) mass is 395 g/mol. The molecule has 6 heteroatoms. The Morgan fingerprint density at radius 1 is 0.893 bits per heavy atom. The Labute approximate surface area is 169 Å². The molecular formula is C22H22ClN3O2. The Kier molecular flexibility index (Phi) is 5.20. The zero-order chi connectivity index (χ0) is 19.7. The highest BCUT2D eigenvalue weighted by atomic mass is 35.5. The Bertz CT molecular complexity index is 945. The molecule has 2 aromatic carbocycles. The fourth-order valence-electron chi connectivity index (χ4n) is 3.58. The number of halogens is 1. The van der Waals surface area contributed by atoms with Crippen LogP contribution in [0.25, 0.3) is 0 Å². The number of rotatable bonds is 4. The van der Waals surface area contributed by atoms with Gasteiger partial charge in [0.25, 0.3) is 0 Å². The van der Waals surface area contributed by atoms with E-state index < -0.39 is 0 Å². The molecule has 1 aliphatic heterocycles. The standard InChI is InChI=1S/C22H22ClN3O2/c1-25-10-12-26(13-11-25)16-8-6-15(7-9-16)14-24-20-19(23)21(27)17-4-2-3-5-18(17)22(20)28/h2-9,24H,10-14H2,1H3. The predicted molar refractivity (Wildman–Crippen MR) is 111 cm³/mol. The average molecular weight is 396 g/mol. The number of Topliss-reactive ketones (excluding diaryl/α,β-unsaturated/α-hetero) is 2. The summed E-state index contributed by atoms with van der Waals surface area (Å²) in [6, 6.07) is 15.0. The summed E-state index contributed by atoms with van der Waals surface area (Å²) < 4.78 is 0. The van der Waals surface area contributed by atoms with Crippen LogP contribution in [-0.2, 0) is 6.54 Å². The van der Waals surface area contributed by atoms with Crippen LogP contribution in [0.2, 0.25) is 0 Å². The highest BCUT2D eigenvalue weighted by Crippen LogP contribution is 2.27. The molecule has 1 saturated heterocycles. The lowest BCUT2D eigenvalue weighted by atomic mass is 9.92. The Morgan fingerprint density at radius 3 is 2.14 bits per heavy atom. The number of allylic oxidation sites excluding steroid dienone is 2. The zero-order valence-electron chi connectivity index (χ0n) is 15.7. The second-order valence-corrected chi connectivity index (χ2v) is 7.58. The first-order valence-electron chi connectivity index (χ1n) is 9.39. The topological polar surface area (TPSA) is 52.6 Å². The fraction of sp³-hybridized carbons (Fsp3) is 0.273. The normalized spacial score (nSPS) is 17.7. The molecule has 4 rings (SSSR count). The number of nitrogens with zero attached hydrogens (tertiary/aromatic N) is 2. The maximum absolute atomic E-state index is 12.7. The molecule has 1 N–H and O–H groups in total. The average Bonchev–Trinajstić information content (AvgIpc) is 2.73. The molecule has 0 atom stereocenters. The number of benzene rings is 2. The van der Waals surface area contributed by atoms with Crippen LogP contribution in [0.15, 0.2) is 59.3 Å². The number of carbonyl (C=O) groups is 2. The molecule has 144 valence electrons. The number of nitrogens with one attached hydrogen (secondary N) is 1. The lowest BCUT2D eigenvalue weighted by molar-refractivity contribution is 0.0974. The summed E-state index contributed by atoms with van der Waals surface area (Å²) in [5.41, 5.74) is 3.15. The van der Waals surface area contributed by atoms with Crippen LogP contribution in [0.5, 0.6) is 0 Å². The van der Waals surface area contributed by atoms with Gasteiger partial charge >= 0.3 is 0 Å². The minimum Gasteiger partial charge on any atom is -0.376 e. The lowest BCUT2D eigenvalue weighted by Crippen LogP contribution is -2.44. The molecule has 0 amide bonds. The predicted octanol–water partition coefficient (Wildman–Crippen LogP) is 3.06. The largest absolute Gasteiger partial charge is 0.376 e. The summed E-state index contributed by atoms with van der Waals surface area (Å²) >= 11 is 6.20. The van der Waals surface area contributed by atoms with Gasteiger partial charge in [-0.25, -0.2) is 0 Å². The molecule has 2 aromatic rings. The number of likely N-dealkylation sites (N-methyl/N-ethyl adjacent to an activating group) is 1. The van der Waals surface area contributed by atoms with Crippen LogP contribution >= 0.6 is 11.6 Å². The van der Waals surface area contributed by atoms with Crippen LogP contribution in [0.4, 0.5) is 5.69 Å². The van der Waals surface area contributed by atoms with Gasteiger partial charge in [-0.3, -0.25) is 9.59 Å². The van der Waals surface area contributed by atoms with E-state index >= 15 is 0 Å². The number of anilines is 1. The van der Waals surface area contributed by atoms with E-state index in [1.54, 1.807) is 24.3 Å². The first-order valence-corrected chi connectivity index (χ1v) is 9.77. The molecule has 0 unspecified atom stereocenters. The van der Waals surface area contributed by atoms with Crippen molar-refractivity contribution in [1.29, 1.82) is 0 Å². The van der Waals surface area contributed by atoms with Gasteiger partial charge in [-0.2, -0.15) is 0 Å². The molecule has 0 radical (unpaired) electrons. The second-order valence-electron chi connectivity index (χ2n) is 7.20. The summed E-state index contributed by atoms with van der Waals surface area (Å²) in [7, 11) is 2.14. The van der Waals surface area contributed by atoms with Gasteiger partial charge in [0.1, 0.15) is 10.7 Å². The molecule has 1 fully saturated rings. The van der Waals surface area contributed by atoms with Crippen molar-refractivity contribution in [3.8, 4) is 0 Å². The summed E-state index contributed by atoms with van der Waals surface area (Å²) in [6.07, 6.45) is 0. The van der Waals surface area contributed by atoms with Crippen molar-refractivity contribution >= 4 is 28.9 Å². The van der Waals surface area contributed by atoms with Crippen LogP contribution in [0.1, 0.15) is 26.3 Å². The molecule has 0 aromatic heterocycles. The first kappa shape index (κ1) is 18.7. The lowest BCUT2D eigenvalue weighted by Gasteiger charge is -2.34. The smallest absolute Gasteiger partial charge is 0.211 e. The third-order valence-corrected chi connectivity index (χ3v) is 5.70. The van der Waals surface area contributed by atoms with E-state index in [0.717, 1.165) is 31.7 Å². The van der Waals surface area contributed by atoms with Crippen LogP contribution in [0, 0.1) is 0 Å². The maximum Gasteiger partial charge on any atom is 0.211 e. The Balaban J connectivity index is 1.45. The number of hydrogen-bond donors (Lipinski definition) is 1. The van der Waals surface area contributed by atoms with Crippen molar-refractivity contribution in [2.75, 3.05) is 38.1 Å². The van der Waals surface area contributed by atoms with Gasteiger partial charge in [0.2, 0.25) is 11.6 Å². The highest BCUT2D eigenvalue weighted by Gasteiger charge is 2.30. The molecule has 0 spiro atoms. The number of hydrogen-bond acceptors (Lipinski definition) is 5. The first-order chi connectivity index (χ1) is 13.5. The second kappa shape index (κ2) is 7.78. The van der Waals surface area contributed by atoms with E-state index in [0.29, 0.717) is 17.7 Å². The van der Waals surface area contributed by atoms with Crippen molar-refractivity contribution in [3.63, 3.8) is 0 Å². The highest BCUT2D eigenvalue weighted by molar-refractivity contribution is 6.49. The third-order valence-electron chi connectivity index (χ3n) is 5.34. The molecule has 2 aliphatic rings. The summed E-state index contributed by atoms with van der Waals surface area (Å²) in [5, 5.41) is 3.03. The van der Waals surface area contributed by atoms with Crippen molar-refractivity contribution in [1.82, 2.24) is 10.2 Å². The van der Waals surface area contributed by atoms with E-state index in [4.69, 9.17) is 11.6 Å². The van der Waals surface area contributed by atoms with Crippen LogP contribution in [-0.4, -0.2) is 49.7 Å². The minimum atomic E-state index is -0.315. The van der Waals surface area contributed by atoms with Gasteiger partial charge < -0.3 is 15.1 Å². The van der Waals surface area contributed by atoms with Gasteiger partial charge in [-0.15, -0.1) is 0 Å². The molecule has 0 bridgehead atoms. The Morgan fingerprint density at radius 2 is 1.50 bits per heavy atom. The van der Waals surface area contributed by atoms with E-state index in [-0.39, 0.29) is 22.3 Å². The summed E-state index contributed by atoms with van der Waals surface area (Å²) in [5.74, 6) is -0.556. The number of piperazine rings is 1. The van der Waals surface area contributed by atoms with E-state index in [1.165, 1.54) is 5.69 Å². The minimum absolute atomic E-state index is 0.0437. The van der Waals surface area contributed by atoms with E-state index in [9.17, 15) is 9.59 Å². The summed E-state index contributed by atoms with van der Waals surface area (Å²) in [4.78, 5) is 29.8. The molecule has 28 heavy (non-hydrogen) atoms. The van der Waals surface area contributed by atoms with Gasteiger partial charge in [0, 0.05) is 49.5 Å². The molecule has 1 aliphatic carbocycles. The number of fused-ring (bicyclic) bond motifs is 1. The number of carbonyl (C=O) groups excluding carboxylic acids is 2. The van der Waals surface area contributed by atoms with E-state index in [1.807, 2.05) is 12.1 Å². The van der Waals surface area contributed by atoms with Crippen molar-refractivity contribution in [3.05, 3.63) is 76.0 Å². The van der Waals surface area contributed by atoms with Crippen LogP contribution in [0.3, 0.4) is 0 Å². The summed E-state index contributed by atoms with van der Waals surface area (Å²) in [6.45, 7) is 4.59. The SMILES string of the molecule is CN1CCN(c2ccc(CNC3=C(Cl)C(=O)c4ccccc4C3=O)cc2)CC1. The quantitative estimate of drug-likeness (QED) is 0.862. The van der Waals surface area contributed by atoms with Gasteiger partial charge in [0.05, 0.1) is 0 Å².